The Morgan fingerprint density at radius 1 is 1.15 bits per heavy atom. The molecular weight excluding hydrogens is 374 g/mol. The predicted octanol–water partition coefficient (Wildman–Crippen LogP) is 2.07. The van der Waals surface area contributed by atoms with Gasteiger partial charge in [0, 0.05) is 31.6 Å². The van der Waals surface area contributed by atoms with Crippen LogP contribution < -0.4 is 11.1 Å². The Morgan fingerprint density at radius 2 is 1.73 bits per heavy atom. The van der Waals surface area contributed by atoms with E-state index in [1.165, 1.54) is 0 Å². The van der Waals surface area contributed by atoms with Gasteiger partial charge in [0.2, 0.25) is 15.9 Å². The van der Waals surface area contributed by atoms with Gasteiger partial charge in [0.15, 0.2) is 0 Å². The van der Waals surface area contributed by atoms with E-state index in [-0.39, 0.29) is 18.3 Å². The van der Waals surface area contributed by atoms with E-state index in [0.717, 1.165) is 24.8 Å². The minimum absolute atomic E-state index is 0. The van der Waals surface area contributed by atoms with Crippen molar-refractivity contribution in [1.29, 1.82) is 0 Å². The first-order chi connectivity index (χ1) is 11.7. The van der Waals surface area contributed by atoms with Gasteiger partial charge in [-0.2, -0.15) is 4.31 Å². The number of hydrogen-bond acceptors (Lipinski definition) is 4. The van der Waals surface area contributed by atoms with Gasteiger partial charge in [-0.25, -0.2) is 8.42 Å². The van der Waals surface area contributed by atoms with Crippen molar-refractivity contribution in [1.82, 2.24) is 9.62 Å². The minimum atomic E-state index is -3.40. The number of nitrogens with two attached hydrogens (primary N) is 1. The molecule has 1 amide bonds. The first-order valence-electron chi connectivity index (χ1n) is 8.85. The molecule has 0 bridgehead atoms. The van der Waals surface area contributed by atoms with E-state index in [4.69, 9.17) is 5.73 Å². The van der Waals surface area contributed by atoms with Crippen LogP contribution in [0.1, 0.15) is 45.1 Å². The average molecular weight is 404 g/mol. The molecule has 6 nitrogen and oxygen atoms in total. The summed E-state index contributed by atoms with van der Waals surface area (Å²) >= 11 is 0. The van der Waals surface area contributed by atoms with E-state index in [1.807, 2.05) is 13.8 Å². The number of aryl methyl sites for hydroxylation is 1. The van der Waals surface area contributed by atoms with Crippen molar-refractivity contribution in [3.63, 3.8) is 0 Å². The normalized spacial score (nSPS) is 16.0. The molecule has 148 valence electrons. The van der Waals surface area contributed by atoms with Crippen molar-refractivity contribution in [2.45, 2.75) is 56.4 Å². The molecule has 3 N–H and O–H groups in total. The Labute approximate surface area is 163 Å². The number of carbonyl (C=O) groups is 1. The first kappa shape index (κ1) is 22.9. The smallest absolute Gasteiger partial charge is 0.243 e. The standard InChI is InChI=1S/C18H29N3O3S.ClH/c1-18(2,14-19)20-17(22)11-8-15-6-9-16(10-7-15)25(23,24)21-12-4-3-5-13-21;/h6-7,9-10H,3-5,8,11-14,19H2,1-2H3,(H,20,22);1H. The lowest BCUT2D eigenvalue weighted by Gasteiger charge is -2.26. The Kier molecular flexibility index (Phi) is 8.53. The average Bonchev–Trinajstić information content (AvgIpc) is 2.61. The highest BCUT2D eigenvalue weighted by molar-refractivity contribution is 7.89. The molecule has 1 aliphatic rings. The van der Waals surface area contributed by atoms with Crippen LogP contribution >= 0.6 is 12.4 Å². The number of halogens is 1. The number of nitrogens with one attached hydrogen (secondary N) is 1. The Balaban J connectivity index is 0.00000338. The molecule has 1 saturated heterocycles. The van der Waals surface area contributed by atoms with Crippen molar-refractivity contribution in [3.8, 4) is 0 Å². The second-order valence-electron chi connectivity index (χ2n) is 7.24. The number of amides is 1. The zero-order chi connectivity index (χ0) is 18.5. The highest BCUT2D eigenvalue weighted by Gasteiger charge is 2.25. The SMILES string of the molecule is CC(C)(CN)NC(=O)CCc1ccc(S(=O)(=O)N2CCCCC2)cc1.Cl. The van der Waals surface area contributed by atoms with Crippen LogP contribution in [-0.2, 0) is 21.2 Å². The lowest BCUT2D eigenvalue weighted by atomic mass is 10.0. The largest absolute Gasteiger partial charge is 0.350 e. The van der Waals surface area contributed by atoms with Crippen LogP contribution in [0.5, 0.6) is 0 Å². The van der Waals surface area contributed by atoms with Gasteiger partial charge in [0.25, 0.3) is 0 Å². The van der Waals surface area contributed by atoms with Gasteiger partial charge in [-0.05, 0) is 50.8 Å². The van der Waals surface area contributed by atoms with E-state index >= 15 is 0 Å². The summed E-state index contributed by atoms with van der Waals surface area (Å²) in [5, 5.41) is 2.89. The van der Waals surface area contributed by atoms with Crippen LogP contribution in [0.25, 0.3) is 0 Å². The second-order valence-corrected chi connectivity index (χ2v) is 9.18. The van der Waals surface area contributed by atoms with E-state index in [2.05, 4.69) is 5.32 Å². The molecule has 0 radical (unpaired) electrons. The maximum Gasteiger partial charge on any atom is 0.243 e. The fourth-order valence-corrected chi connectivity index (χ4v) is 4.35. The molecule has 8 heteroatoms. The number of rotatable bonds is 7. The van der Waals surface area contributed by atoms with E-state index < -0.39 is 15.6 Å². The maximum absolute atomic E-state index is 12.6. The summed E-state index contributed by atoms with van der Waals surface area (Å²) in [6.45, 7) is 5.33. The second kappa shape index (κ2) is 9.69. The molecule has 0 saturated carbocycles. The first-order valence-corrected chi connectivity index (χ1v) is 10.3. The molecule has 1 aromatic rings. The van der Waals surface area contributed by atoms with Gasteiger partial charge in [-0.15, -0.1) is 12.4 Å². The van der Waals surface area contributed by atoms with Crippen molar-refractivity contribution in [3.05, 3.63) is 29.8 Å². The predicted molar refractivity (Wildman–Crippen MR) is 106 cm³/mol. The fourth-order valence-electron chi connectivity index (χ4n) is 2.83. The number of nitrogens with zero attached hydrogens (tertiary/aromatic N) is 1. The van der Waals surface area contributed by atoms with Crippen molar-refractivity contribution >= 4 is 28.3 Å². The van der Waals surface area contributed by atoms with Gasteiger partial charge < -0.3 is 11.1 Å². The minimum Gasteiger partial charge on any atom is -0.350 e. The summed E-state index contributed by atoms with van der Waals surface area (Å²) in [5.41, 5.74) is 6.13. The molecule has 1 heterocycles. The van der Waals surface area contributed by atoms with Gasteiger partial charge >= 0.3 is 0 Å². The monoisotopic (exact) mass is 403 g/mol. The Morgan fingerprint density at radius 3 is 2.27 bits per heavy atom. The maximum atomic E-state index is 12.6. The zero-order valence-corrected chi connectivity index (χ0v) is 17.2. The Hall–Kier alpha value is -1.15. The van der Waals surface area contributed by atoms with Crippen molar-refractivity contribution in [2.24, 2.45) is 5.73 Å². The quantitative estimate of drug-likeness (QED) is 0.728. The van der Waals surface area contributed by atoms with Crippen molar-refractivity contribution < 1.29 is 13.2 Å². The molecule has 1 aliphatic heterocycles. The van der Waals surface area contributed by atoms with E-state index in [1.54, 1.807) is 28.6 Å². The summed E-state index contributed by atoms with van der Waals surface area (Å²) < 4.78 is 26.8. The number of sulfonamides is 1. The van der Waals surface area contributed by atoms with Crippen LogP contribution in [-0.4, -0.2) is 43.8 Å². The molecule has 0 spiro atoms. The summed E-state index contributed by atoms with van der Waals surface area (Å²) in [6, 6.07) is 6.86. The number of benzene rings is 1. The van der Waals surface area contributed by atoms with Crippen LogP contribution in [0.2, 0.25) is 0 Å². The van der Waals surface area contributed by atoms with Crippen LogP contribution in [0.15, 0.2) is 29.2 Å². The third-order valence-electron chi connectivity index (χ3n) is 4.51. The van der Waals surface area contributed by atoms with E-state index in [0.29, 0.717) is 37.4 Å². The molecule has 26 heavy (non-hydrogen) atoms. The summed E-state index contributed by atoms with van der Waals surface area (Å²) in [6.07, 6.45) is 3.85. The van der Waals surface area contributed by atoms with Crippen LogP contribution in [0.4, 0.5) is 0 Å². The summed E-state index contributed by atoms with van der Waals surface area (Å²) in [7, 11) is -3.40. The third-order valence-corrected chi connectivity index (χ3v) is 6.42. The summed E-state index contributed by atoms with van der Waals surface area (Å²) in [4.78, 5) is 12.3. The van der Waals surface area contributed by atoms with Gasteiger partial charge in [0.05, 0.1) is 4.90 Å². The van der Waals surface area contributed by atoms with Gasteiger partial charge in [-0.3, -0.25) is 4.79 Å². The van der Waals surface area contributed by atoms with Crippen molar-refractivity contribution in [2.75, 3.05) is 19.6 Å². The summed E-state index contributed by atoms with van der Waals surface area (Å²) in [5.74, 6) is -0.0551. The molecular formula is C18H30ClN3O3S. The number of carbonyl (C=O) groups excluding carboxylic acids is 1. The third kappa shape index (κ3) is 6.23. The molecule has 1 fully saturated rings. The van der Waals surface area contributed by atoms with Gasteiger partial charge in [0.1, 0.15) is 0 Å². The molecule has 1 aromatic carbocycles. The highest BCUT2D eigenvalue weighted by atomic mass is 35.5. The fraction of sp³-hybridized carbons (Fsp3) is 0.611. The topological polar surface area (TPSA) is 92.5 Å². The molecule has 0 aliphatic carbocycles. The van der Waals surface area contributed by atoms with Crippen LogP contribution in [0.3, 0.4) is 0 Å². The molecule has 0 aromatic heterocycles. The highest BCUT2D eigenvalue weighted by Crippen LogP contribution is 2.21. The Bertz CT molecular complexity index is 684. The molecule has 0 unspecified atom stereocenters. The molecule has 2 rings (SSSR count). The van der Waals surface area contributed by atoms with Gasteiger partial charge in [-0.1, -0.05) is 18.6 Å². The lowest BCUT2D eigenvalue weighted by molar-refractivity contribution is -0.122. The lowest BCUT2D eigenvalue weighted by Crippen LogP contribution is -2.48. The zero-order valence-electron chi connectivity index (χ0n) is 15.5. The number of piperidine rings is 1. The van der Waals surface area contributed by atoms with Crippen LogP contribution in [0, 0.1) is 0 Å². The number of hydrogen-bond donors (Lipinski definition) is 2. The molecule has 0 atom stereocenters. The van der Waals surface area contributed by atoms with E-state index in [9.17, 15) is 13.2 Å².